The summed E-state index contributed by atoms with van der Waals surface area (Å²) in [6.07, 6.45) is -7.21. The molecule has 0 saturated carbocycles. The number of anilines is 1. The molecule has 3 aromatic rings. The second-order valence-corrected chi connectivity index (χ2v) is 19.0. The van der Waals surface area contributed by atoms with Crippen LogP contribution in [0.2, 0.25) is 0 Å². The van der Waals surface area contributed by atoms with E-state index in [1.807, 2.05) is 0 Å². The van der Waals surface area contributed by atoms with Gasteiger partial charge in [0.25, 0.3) is 5.69 Å². The number of ether oxygens (including phenoxy) is 1. The van der Waals surface area contributed by atoms with Crippen LogP contribution in [0.4, 0.5) is 11.5 Å². The number of nitro benzene ring substituents is 1. The van der Waals surface area contributed by atoms with Crippen LogP contribution in [-0.2, 0) is 45.9 Å². The molecule has 2 aromatic heterocycles. The molecule has 1 aliphatic rings. The molecule has 1 aromatic carbocycles. The van der Waals surface area contributed by atoms with E-state index < -0.39 is 100 Å². The second kappa shape index (κ2) is 20.1. The number of rotatable bonds is 21. The van der Waals surface area contributed by atoms with Crippen molar-refractivity contribution in [1.82, 2.24) is 30.2 Å². The summed E-state index contributed by atoms with van der Waals surface area (Å²) in [6, 6.07) is 3.77. The van der Waals surface area contributed by atoms with Gasteiger partial charge >= 0.3 is 23.5 Å². The van der Waals surface area contributed by atoms with E-state index >= 15 is 0 Å². The van der Waals surface area contributed by atoms with E-state index in [4.69, 9.17) is 19.5 Å². The summed E-state index contributed by atoms with van der Waals surface area (Å²) in [6.45, 7) is 0.0301. The Bertz CT molecular complexity index is 2230. The summed E-state index contributed by atoms with van der Waals surface area (Å²) < 4.78 is 62.1. The highest BCUT2D eigenvalue weighted by Crippen LogP contribution is 2.61. The van der Waals surface area contributed by atoms with Crippen molar-refractivity contribution in [3.8, 4) is 0 Å². The van der Waals surface area contributed by atoms with Gasteiger partial charge in [-0.25, -0.2) is 28.6 Å². The Kier molecular flexibility index (Phi) is 16.5. The molecule has 3 heterocycles. The summed E-state index contributed by atoms with van der Waals surface area (Å²) >= 11 is 4.81. The first-order valence-corrected chi connectivity index (χ1v) is 22.8. The lowest BCUT2D eigenvalue weighted by atomic mass is 9.87. The summed E-state index contributed by atoms with van der Waals surface area (Å²) in [7, 11) is -16.5. The standard InChI is InChI=1S/C28H39N8O19P3S2/c1-28(2,22(39)25(40)31-6-5-18(37)30-7-8-60-27(41)15-9-14(59)3-4-16(15)36(42)43)11-52-58(49,50)55-57(47,48)51-10-17-21(54-56(44,45)46)20(38)26(53-17)35-13-34-19-23(29)32-12-33-24(19)35/h3-4,9,12-13,17,20-22,26,38-39,59H,5-8,10-11H2,1-2H3,(H,30,37)(H,31,40)(H,47,48)(H,49,50)(H2,29,32,33)(H2,44,45,46). The zero-order valence-electron chi connectivity index (χ0n) is 31.0. The Morgan fingerprint density at radius 3 is 2.45 bits per heavy atom. The quantitative estimate of drug-likeness (QED) is 0.0224. The lowest BCUT2D eigenvalue weighted by Crippen LogP contribution is -2.46. The highest BCUT2D eigenvalue weighted by molar-refractivity contribution is 8.14. The number of nitrogens with one attached hydrogen (secondary N) is 2. The number of amides is 2. The molecule has 0 spiro atoms. The highest BCUT2D eigenvalue weighted by atomic mass is 32.2. The average molecular weight is 949 g/mol. The Morgan fingerprint density at radius 1 is 1.10 bits per heavy atom. The van der Waals surface area contributed by atoms with Crippen molar-refractivity contribution in [2.75, 3.05) is 37.8 Å². The largest absolute Gasteiger partial charge is 0.481 e. The zero-order chi connectivity index (χ0) is 44.8. The predicted octanol–water partition coefficient (Wildman–Crippen LogP) is 0.175. The Morgan fingerprint density at radius 2 is 1.78 bits per heavy atom. The zero-order valence-corrected chi connectivity index (χ0v) is 35.4. The number of phosphoric acid groups is 3. The summed E-state index contributed by atoms with van der Waals surface area (Å²) in [5.74, 6) is -1.61. The molecule has 2 amide bonds. The monoisotopic (exact) mass is 948 g/mol. The molecule has 0 bridgehead atoms. The minimum absolute atomic E-state index is 0.0141. The number of nitro groups is 1. The number of carbonyl (C=O) groups is 3. The minimum atomic E-state index is -5.61. The molecule has 0 radical (unpaired) electrons. The molecular formula is C28H39N8O19P3S2. The van der Waals surface area contributed by atoms with Crippen LogP contribution in [0.25, 0.3) is 11.2 Å². The maximum Gasteiger partial charge on any atom is 0.481 e. The average Bonchev–Trinajstić information content (AvgIpc) is 3.71. The van der Waals surface area contributed by atoms with Gasteiger partial charge in [-0.2, -0.15) is 4.31 Å². The number of phosphoric ester groups is 3. The molecule has 0 aliphatic carbocycles. The SMILES string of the molecule is CC(C)(COP(=O)(O)OP(=O)(O)OCC1OC(n2cnc3c(N)ncnc32)C(O)C1OP(=O)(O)O)C(O)C(=O)NCCC(=O)NCCSC(=O)c1cc(S)ccc1[N+](=O)[O-]. The van der Waals surface area contributed by atoms with Crippen molar-refractivity contribution in [1.29, 1.82) is 0 Å². The molecule has 32 heteroatoms. The van der Waals surface area contributed by atoms with Gasteiger partial charge in [0.15, 0.2) is 17.7 Å². The van der Waals surface area contributed by atoms with Crippen molar-refractivity contribution < 1.29 is 85.4 Å². The van der Waals surface area contributed by atoms with Gasteiger partial charge in [-0.05, 0) is 12.1 Å². The van der Waals surface area contributed by atoms with Crippen LogP contribution in [0, 0.1) is 15.5 Å². The number of imidazole rings is 1. The number of nitrogens with two attached hydrogens (primary N) is 1. The Labute approximate surface area is 347 Å². The fraction of sp³-hybridized carbons (Fsp3) is 0.500. The molecule has 10 N–H and O–H groups in total. The van der Waals surface area contributed by atoms with Gasteiger partial charge in [0, 0.05) is 41.6 Å². The number of fused-ring (bicyclic) bond motifs is 1. The van der Waals surface area contributed by atoms with E-state index in [0.717, 1.165) is 35.0 Å². The smallest absolute Gasteiger partial charge is 0.386 e. The van der Waals surface area contributed by atoms with Gasteiger partial charge in [-0.15, -0.1) is 12.6 Å². The van der Waals surface area contributed by atoms with Crippen LogP contribution in [0.1, 0.15) is 36.9 Å². The third kappa shape index (κ3) is 13.5. The maximum absolute atomic E-state index is 12.7. The van der Waals surface area contributed by atoms with E-state index in [-0.39, 0.29) is 47.8 Å². The fourth-order valence-corrected chi connectivity index (χ4v) is 8.94. The summed E-state index contributed by atoms with van der Waals surface area (Å²) in [5.41, 5.74) is 3.62. The number of nitrogen functional groups attached to an aromatic ring is 1. The van der Waals surface area contributed by atoms with Gasteiger partial charge < -0.3 is 50.9 Å². The van der Waals surface area contributed by atoms with E-state index in [2.05, 4.69) is 47.0 Å². The molecule has 7 unspecified atom stereocenters. The van der Waals surface area contributed by atoms with E-state index in [9.17, 15) is 68.0 Å². The van der Waals surface area contributed by atoms with E-state index in [0.29, 0.717) is 4.90 Å². The van der Waals surface area contributed by atoms with Crippen LogP contribution < -0.4 is 16.4 Å². The van der Waals surface area contributed by atoms with Crippen LogP contribution in [-0.4, -0.2) is 128 Å². The highest BCUT2D eigenvalue weighted by Gasteiger charge is 2.50. The number of aliphatic hydroxyl groups is 2. The topological polar surface area (TPSA) is 407 Å². The molecule has 1 aliphatic heterocycles. The normalized spacial score (nSPS) is 20.9. The number of benzene rings is 1. The molecule has 332 valence electrons. The first-order chi connectivity index (χ1) is 27.8. The Hall–Kier alpha value is -3.47. The molecule has 7 atom stereocenters. The summed E-state index contributed by atoms with van der Waals surface area (Å²) in [4.78, 5) is 99.1. The van der Waals surface area contributed by atoms with Crippen LogP contribution >= 0.6 is 47.9 Å². The minimum Gasteiger partial charge on any atom is -0.386 e. The van der Waals surface area contributed by atoms with Crippen molar-refractivity contribution in [3.05, 3.63) is 46.5 Å². The maximum atomic E-state index is 12.7. The predicted molar refractivity (Wildman–Crippen MR) is 207 cm³/mol. The van der Waals surface area contributed by atoms with Crippen molar-refractivity contribution in [2.24, 2.45) is 5.41 Å². The van der Waals surface area contributed by atoms with Crippen LogP contribution in [0.3, 0.4) is 0 Å². The van der Waals surface area contributed by atoms with Gasteiger partial charge in [0.05, 0.1) is 24.5 Å². The van der Waals surface area contributed by atoms with Gasteiger partial charge in [0.2, 0.25) is 16.9 Å². The van der Waals surface area contributed by atoms with Crippen molar-refractivity contribution in [3.63, 3.8) is 0 Å². The molecule has 4 rings (SSSR count). The van der Waals surface area contributed by atoms with E-state index in [1.165, 1.54) is 26.0 Å². The number of aromatic nitrogens is 4. The molecule has 1 fully saturated rings. The second-order valence-electron chi connectivity index (χ2n) is 13.2. The first-order valence-electron chi connectivity index (χ1n) is 16.8. The number of hydrogen-bond acceptors (Lipinski definition) is 21. The third-order valence-electron chi connectivity index (χ3n) is 8.13. The summed E-state index contributed by atoms with van der Waals surface area (Å²) in [5, 5.41) is 36.8. The molecule has 27 nitrogen and oxygen atoms in total. The van der Waals surface area contributed by atoms with Crippen LogP contribution in [0.5, 0.6) is 0 Å². The number of carbonyl (C=O) groups excluding carboxylic acids is 3. The van der Waals surface area contributed by atoms with Crippen molar-refractivity contribution in [2.45, 2.75) is 55.8 Å². The molecular weight excluding hydrogens is 909 g/mol. The van der Waals surface area contributed by atoms with Gasteiger partial charge in [-0.1, -0.05) is 25.6 Å². The van der Waals surface area contributed by atoms with Gasteiger partial charge in [-0.3, -0.25) is 42.6 Å². The lowest BCUT2D eigenvalue weighted by molar-refractivity contribution is -0.385. The Balaban J connectivity index is 1.22. The number of nitrogens with zero attached hydrogens (tertiary/aromatic N) is 5. The fourth-order valence-electron chi connectivity index (χ4n) is 5.20. The first kappa shape index (κ1) is 49.2. The number of aliphatic hydroxyl groups excluding tert-OH is 2. The van der Waals surface area contributed by atoms with Crippen LogP contribution in [0.15, 0.2) is 35.7 Å². The lowest BCUT2D eigenvalue weighted by Gasteiger charge is -2.30. The molecule has 1 saturated heterocycles. The number of thiol groups is 1. The van der Waals surface area contributed by atoms with Gasteiger partial charge in [0.1, 0.15) is 41.8 Å². The third-order valence-corrected chi connectivity index (χ3v) is 12.4. The van der Waals surface area contributed by atoms with Crippen molar-refractivity contribution >= 4 is 87.5 Å². The number of hydrogen-bond donors (Lipinski definition) is 10. The van der Waals surface area contributed by atoms with E-state index in [1.54, 1.807) is 0 Å². The molecule has 60 heavy (non-hydrogen) atoms. The number of thioether (sulfide) groups is 1.